The summed E-state index contributed by atoms with van der Waals surface area (Å²) in [6.45, 7) is 0. The third-order valence-corrected chi connectivity index (χ3v) is 2.36. The highest BCUT2D eigenvalue weighted by Gasteiger charge is 1.86. The molecule has 13 heavy (non-hydrogen) atoms. The van der Waals surface area contributed by atoms with E-state index in [1.807, 2.05) is 41.9 Å². The number of thiophene rings is 1. The third kappa shape index (κ3) is 2.26. The molecule has 1 aromatic carbocycles. The summed E-state index contributed by atoms with van der Waals surface area (Å²) >= 11 is 1.68. The van der Waals surface area contributed by atoms with Crippen LogP contribution in [0.15, 0.2) is 52.2 Å². The van der Waals surface area contributed by atoms with E-state index in [-0.39, 0.29) is 0 Å². The standard InChI is InChI=1S/C11H9NS/c1-2-4-11(5-3-1)12-8-10-6-7-13-9-10/h1-9H/b12-8+. The average molecular weight is 187 g/mol. The molecule has 0 unspecified atom stereocenters. The lowest BCUT2D eigenvalue weighted by Crippen LogP contribution is -1.72. The lowest BCUT2D eigenvalue weighted by molar-refractivity contribution is 1.53. The van der Waals surface area contributed by atoms with Crippen LogP contribution in [0.5, 0.6) is 0 Å². The fraction of sp³-hybridized carbons (Fsp3) is 0. The van der Waals surface area contributed by atoms with Gasteiger partial charge in [-0.1, -0.05) is 18.2 Å². The molecule has 64 valence electrons. The molecule has 1 aromatic heterocycles. The van der Waals surface area contributed by atoms with Gasteiger partial charge in [-0.25, -0.2) is 0 Å². The van der Waals surface area contributed by atoms with Crippen molar-refractivity contribution in [3.05, 3.63) is 52.7 Å². The molecule has 2 heteroatoms. The van der Waals surface area contributed by atoms with E-state index < -0.39 is 0 Å². The second kappa shape index (κ2) is 4.01. The zero-order valence-electron chi connectivity index (χ0n) is 7.05. The van der Waals surface area contributed by atoms with Crippen LogP contribution in [0.1, 0.15) is 5.56 Å². The highest BCUT2D eigenvalue weighted by atomic mass is 32.1. The van der Waals surface area contributed by atoms with E-state index in [0.29, 0.717) is 0 Å². The SMILES string of the molecule is C(=N\c1ccccc1)/c1ccsc1. The van der Waals surface area contributed by atoms with Crippen LogP contribution in [0.3, 0.4) is 0 Å². The zero-order valence-corrected chi connectivity index (χ0v) is 7.87. The van der Waals surface area contributed by atoms with E-state index >= 15 is 0 Å². The summed E-state index contributed by atoms with van der Waals surface area (Å²) in [6.07, 6.45) is 1.88. The molecule has 0 atom stereocenters. The van der Waals surface area contributed by atoms with Crippen molar-refractivity contribution in [3.63, 3.8) is 0 Å². The molecule has 0 saturated carbocycles. The highest BCUT2D eigenvalue weighted by molar-refractivity contribution is 7.08. The van der Waals surface area contributed by atoms with Gasteiger partial charge in [-0.15, -0.1) is 0 Å². The second-order valence-electron chi connectivity index (χ2n) is 2.65. The van der Waals surface area contributed by atoms with Crippen LogP contribution >= 0.6 is 11.3 Å². The van der Waals surface area contributed by atoms with Gasteiger partial charge in [0, 0.05) is 11.8 Å². The molecular weight excluding hydrogens is 178 g/mol. The van der Waals surface area contributed by atoms with Crippen LogP contribution in [0.25, 0.3) is 0 Å². The molecule has 2 aromatic rings. The maximum Gasteiger partial charge on any atom is 0.0629 e. The zero-order chi connectivity index (χ0) is 8.93. The molecule has 0 aliphatic carbocycles. The van der Waals surface area contributed by atoms with Crippen molar-refractivity contribution in [2.75, 3.05) is 0 Å². The van der Waals surface area contributed by atoms with Gasteiger partial charge in [0.1, 0.15) is 0 Å². The Morgan fingerprint density at radius 1 is 1.08 bits per heavy atom. The number of nitrogens with zero attached hydrogens (tertiary/aromatic N) is 1. The van der Waals surface area contributed by atoms with E-state index in [4.69, 9.17) is 0 Å². The lowest BCUT2D eigenvalue weighted by atomic mass is 10.3. The van der Waals surface area contributed by atoms with Crippen LogP contribution in [0.2, 0.25) is 0 Å². The first-order valence-electron chi connectivity index (χ1n) is 4.06. The second-order valence-corrected chi connectivity index (χ2v) is 3.43. The fourth-order valence-electron chi connectivity index (χ4n) is 1.01. The summed E-state index contributed by atoms with van der Waals surface area (Å²) < 4.78 is 0. The third-order valence-electron chi connectivity index (χ3n) is 1.66. The van der Waals surface area contributed by atoms with Gasteiger partial charge < -0.3 is 0 Å². The summed E-state index contributed by atoms with van der Waals surface area (Å²) in [5, 5.41) is 4.12. The monoisotopic (exact) mass is 187 g/mol. The Morgan fingerprint density at radius 3 is 2.62 bits per heavy atom. The first kappa shape index (κ1) is 8.20. The molecule has 1 heterocycles. The minimum Gasteiger partial charge on any atom is -0.256 e. The first-order chi connectivity index (χ1) is 6.45. The van der Waals surface area contributed by atoms with Gasteiger partial charge >= 0.3 is 0 Å². The molecule has 2 rings (SSSR count). The lowest BCUT2D eigenvalue weighted by Gasteiger charge is -1.89. The van der Waals surface area contributed by atoms with Gasteiger partial charge in [0.2, 0.25) is 0 Å². The molecule has 0 saturated heterocycles. The first-order valence-corrected chi connectivity index (χ1v) is 5.01. The summed E-state index contributed by atoms with van der Waals surface area (Å²) in [6, 6.07) is 12.0. The van der Waals surface area contributed by atoms with Crippen molar-refractivity contribution in [2.45, 2.75) is 0 Å². The molecule has 0 amide bonds. The Labute approximate surface area is 81.4 Å². The number of para-hydroxylation sites is 1. The van der Waals surface area contributed by atoms with Crippen LogP contribution in [0, 0.1) is 0 Å². The summed E-state index contributed by atoms with van der Waals surface area (Å²) in [4.78, 5) is 4.33. The maximum absolute atomic E-state index is 4.33. The fourth-order valence-corrected chi connectivity index (χ4v) is 1.62. The summed E-state index contributed by atoms with van der Waals surface area (Å²) in [5.41, 5.74) is 2.16. The van der Waals surface area contributed by atoms with Crippen LogP contribution in [0.4, 0.5) is 5.69 Å². The Balaban J connectivity index is 2.15. The molecule has 0 aliphatic heterocycles. The van der Waals surface area contributed by atoms with Crippen LogP contribution < -0.4 is 0 Å². The quantitative estimate of drug-likeness (QED) is 0.638. The molecule has 0 spiro atoms. The minimum atomic E-state index is 0.994. The van der Waals surface area contributed by atoms with Gasteiger partial charge in [-0.2, -0.15) is 11.3 Å². The van der Waals surface area contributed by atoms with Gasteiger partial charge in [-0.05, 0) is 29.0 Å². The van der Waals surface area contributed by atoms with Crippen molar-refractivity contribution >= 4 is 23.2 Å². The van der Waals surface area contributed by atoms with Gasteiger partial charge in [0.15, 0.2) is 0 Å². The van der Waals surface area contributed by atoms with Crippen LogP contribution in [-0.2, 0) is 0 Å². The predicted octanol–water partition coefficient (Wildman–Crippen LogP) is 3.50. The largest absolute Gasteiger partial charge is 0.256 e. The smallest absolute Gasteiger partial charge is 0.0629 e. The van der Waals surface area contributed by atoms with Gasteiger partial charge in [-0.3, -0.25) is 4.99 Å². The maximum atomic E-state index is 4.33. The predicted molar refractivity (Wildman–Crippen MR) is 58.0 cm³/mol. The Kier molecular flexibility index (Phi) is 2.53. The molecule has 1 nitrogen and oxygen atoms in total. The molecule has 0 fully saturated rings. The Morgan fingerprint density at radius 2 is 1.92 bits per heavy atom. The number of hydrogen-bond acceptors (Lipinski definition) is 2. The van der Waals surface area contributed by atoms with Crippen LogP contribution in [-0.4, -0.2) is 6.21 Å². The number of benzene rings is 1. The van der Waals surface area contributed by atoms with Crippen molar-refractivity contribution in [2.24, 2.45) is 4.99 Å². The summed E-state index contributed by atoms with van der Waals surface area (Å²) in [7, 11) is 0. The Hall–Kier alpha value is -1.41. The highest BCUT2D eigenvalue weighted by Crippen LogP contribution is 2.10. The molecule has 0 radical (unpaired) electrons. The van der Waals surface area contributed by atoms with Crippen molar-refractivity contribution < 1.29 is 0 Å². The average Bonchev–Trinajstić information content (AvgIpc) is 2.69. The van der Waals surface area contributed by atoms with E-state index in [1.54, 1.807) is 11.3 Å². The number of rotatable bonds is 2. The topological polar surface area (TPSA) is 12.4 Å². The van der Waals surface area contributed by atoms with E-state index in [0.717, 1.165) is 11.3 Å². The Bertz CT molecular complexity index is 376. The summed E-state index contributed by atoms with van der Waals surface area (Å²) in [5.74, 6) is 0. The normalized spacial score (nSPS) is 10.8. The molecule has 0 N–H and O–H groups in total. The van der Waals surface area contributed by atoms with Crippen molar-refractivity contribution in [1.29, 1.82) is 0 Å². The number of aliphatic imine (C=N–C) groups is 1. The minimum absolute atomic E-state index is 0.994. The van der Waals surface area contributed by atoms with E-state index in [2.05, 4.69) is 16.4 Å². The molecular formula is C11H9NS. The van der Waals surface area contributed by atoms with Gasteiger partial charge in [0.05, 0.1) is 5.69 Å². The van der Waals surface area contributed by atoms with Gasteiger partial charge in [0.25, 0.3) is 0 Å². The molecule has 0 bridgehead atoms. The molecule has 0 aliphatic rings. The van der Waals surface area contributed by atoms with E-state index in [9.17, 15) is 0 Å². The van der Waals surface area contributed by atoms with Crippen molar-refractivity contribution in [3.8, 4) is 0 Å². The van der Waals surface area contributed by atoms with E-state index in [1.165, 1.54) is 0 Å². The number of hydrogen-bond donors (Lipinski definition) is 0. The van der Waals surface area contributed by atoms with Crippen molar-refractivity contribution in [1.82, 2.24) is 0 Å².